The Kier molecular flexibility index (Phi) is 64.9. The van der Waals surface area contributed by atoms with Crippen LogP contribution in [0.1, 0.15) is 381 Å². The van der Waals surface area contributed by atoms with Crippen LogP contribution in [-0.4, -0.2) is 96.7 Å². The van der Waals surface area contributed by atoms with Gasteiger partial charge in [-0.15, -0.1) is 0 Å². The maximum Gasteiger partial charge on any atom is 0.472 e. The molecule has 0 aliphatic heterocycles. The van der Waals surface area contributed by atoms with E-state index in [0.717, 1.165) is 102 Å². The minimum absolute atomic E-state index is 0.108. The highest BCUT2D eigenvalue weighted by Crippen LogP contribution is 2.45. The number of aliphatic hydroxyl groups excluding tert-OH is 1. The molecule has 0 aromatic carbocycles. The number of unbranched alkanes of at least 4 members (excludes halogenated alkanes) is 45. The zero-order chi connectivity index (χ0) is 67.7. The molecule has 0 aliphatic rings. The van der Waals surface area contributed by atoms with Crippen LogP contribution in [0.4, 0.5) is 0 Å². The van der Waals surface area contributed by atoms with E-state index < -0.39 is 97.5 Å². The Labute approximate surface area is 562 Å². The number of hydrogen-bond acceptors (Lipinski definition) is 15. The summed E-state index contributed by atoms with van der Waals surface area (Å²) >= 11 is 0. The van der Waals surface area contributed by atoms with Crippen LogP contribution < -0.4 is 0 Å². The zero-order valence-corrected chi connectivity index (χ0v) is 61.5. The molecule has 0 heterocycles. The topological polar surface area (TPSA) is 237 Å². The van der Waals surface area contributed by atoms with Gasteiger partial charge in [-0.2, -0.15) is 0 Å². The Bertz CT molecular complexity index is 1770. The fraction of sp³-hybridized carbons (Fsp3) is 0.945. The van der Waals surface area contributed by atoms with Crippen molar-refractivity contribution in [1.82, 2.24) is 0 Å². The van der Waals surface area contributed by atoms with Crippen molar-refractivity contribution in [3.8, 4) is 0 Å². The molecule has 92 heavy (non-hydrogen) atoms. The fourth-order valence-electron chi connectivity index (χ4n) is 11.2. The summed E-state index contributed by atoms with van der Waals surface area (Å²) < 4.78 is 68.4. The molecule has 0 rings (SSSR count). The normalized spacial score (nSPS) is 14.0. The van der Waals surface area contributed by atoms with Gasteiger partial charge in [-0.25, -0.2) is 9.13 Å². The number of carbonyl (C=O) groups is 4. The van der Waals surface area contributed by atoms with Gasteiger partial charge in [0.25, 0.3) is 0 Å². The highest BCUT2D eigenvalue weighted by atomic mass is 31.2. The van der Waals surface area contributed by atoms with Crippen molar-refractivity contribution in [2.75, 3.05) is 39.6 Å². The lowest BCUT2D eigenvalue weighted by atomic mass is 10.0. The molecule has 17 nitrogen and oxygen atoms in total. The summed E-state index contributed by atoms with van der Waals surface area (Å²) in [6.07, 6.45) is 54.0. The molecule has 546 valence electrons. The largest absolute Gasteiger partial charge is 0.472 e. The molecule has 0 aliphatic carbocycles. The van der Waals surface area contributed by atoms with E-state index in [4.69, 9.17) is 37.0 Å². The molecule has 0 radical (unpaired) electrons. The molecule has 5 atom stereocenters. The predicted octanol–water partition coefficient (Wildman–Crippen LogP) is 21.3. The van der Waals surface area contributed by atoms with Crippen LogP contribution in [0.3, 0.4) is 0 Å². The zero-order valence-electron chi connectivity index (χ0n) is 59.7. The van der Waals surface area contributed by atoms with E-state index in [1.54, 1.807) is 0 Å². The van der Waals surface area contributed by atoms with Crippen LogP contribution in [0.15, 0.2) is 0 Å². The van der Waals surface area contributed by atoms with E-state index in [-0.39, 0.29) is 25.7 Å². The molecule has 0 saturated carbocycles. The summed E-state index contributed by atoms with van der Waals surface area (Å²) in [4.78, 5) is 72.6. The molecule has 0 spiro atoms. The summed E-state index contributed by atoms with van der Waals surface area (Å²) in [6, 6.07) is 0. The maximum atomic E-state index is 13.1. The average Bonchev–Trinajstić information content (AvgIpc) is 1.57. The van der Waals surface area contributed by atoms with Crippen LogP contribution in [0.25, 0.3) is 0 Å². The van der Waals surface area contributed by atoms with Crippen molar-refractivity contribution in [3.63, 3.8) is 0 Å². The van der Waals surface area contributed by atoms with Crippen LogP contribution in [-0.2, 0) is 65.4 Å². The second-order valence-corrected chi connectivity index (χ2v) is 29.7. The second kappa shape index (κ2) is 66.3. The van der Waals surface area contributed by atoms with Gasteiger partial charge >= 0.3 is 39.5 Å². The van der Waals surface area contributed by atoms with Crippen molar-refractivity contribution in [3.05, 3.63) is 0 Å². The summed E-state index contributed by atoms with van der Waals surface area (Å²) in [7, 11) is -9.90. The summed E-state index contributed by atoms with van der Waals surface area (Å²) in [5, 5.41) is 10.6. The molecular formula is C73H142O17P2. The lowest BCUT2D eigenvalue weighted by molar-refractivity contribution is -0.161. The standard InChI is InChI=1S/C73H142O17P2/c1-6-9-12-15-18-21-23-25-27-28-30-34-39-44-49-54-59-73(78)90-69(63-84-71(76)57-52-47-42-37-35-31-32-36-40-45-50-55-66(4)5)65-88-92(81,82)86-61-67(74)60-85-91(79,80)87-64-68(62-83-70(75)56-51-46-41-20-17-14-11-8-3)89-72(77)58-53-48-43-38-33-29-26-24-22-19-16-13-10-7-2/h66-69,74H,6-65H2,1-5H3,(H,79,80)(H,81,82)/t67-,68+,69+/m0/s1. The first-order valence-electron chi connectivity index (χ1n) is 38.1. The quantitative estimate of drug-likeness (QED) is 0.0222. The third-order valence-corrected chi connectivity index (χ3v) is 18.9. The molecule has 0 amide bonds. The summed E-state index contributed by atoms with van der Waals surface area (Å²) in [5.74, 6) is -1.35. The molecule has 0 aromatic rings. The van der Waals surface area contributed by atoms with Gasteiger partial charge in [0.1, 0.15) is 19.3 Å². The van der Waals surface area contributed by atoms with Crippen molar-refractivity contribution in [2.24, 2.45) is 5.92 Å². The Morgan fingerprint density at radius 3 is 0.739 bits per heavy atom. The first kappa shape index (κ1) is 90.1. The minimum Gasteiger partial charge on any atom is -0.462 e. The van der Waals surface area contributed by atoms with Gasteiger partial charge in [-0.05, 0) is 31.6 Å². The molecule has 3 N–H and O–H groups in total. The number of rotatable bonds is 73. The number of aliphatic hydroxyl groups is 1. The lowest BCUT2D eigenvalue weighted by Gasteiger charge is -2.21. The SMILES string of the molecule is CCCCCCCCCCCCCCCCCCC(=O)O[C@H](COC(=O)CCCCCCCCCCCCCC(C)C)COP(=O)(O)OC[C@@H](O)COP(=O)(O)OC[C@@H](COC(=O)CCCCCCCCCC)OC(=O)CCCCCCCCCCCCCCCC. The highest BCUT2D eigenvalue weighted by molar-refractivity contribution is 7.47. The van der Waals surface area contributed by atoms with Crippen molar-refractivity contribution in [2.45, 2.75) is 400 Å². The van der Waals surface area contributed by atoms with Crippen LogP contribution in [0.2, 0.25) is 0 Å². The van der Waals surface area contributed by atoms with E-state index in [2.05, 4.69) is 34.6 Å². The van der Waals surface area contributed by atoms with E-state index in [1.165, 1.54) is 199 Å². The smallest absolute Gasteiger partial charge is 0.462 e. The maximum absolute atomic E-state index is 13.1. The molecular weight excluding hydrogens is 1210 g/mol. The molecule has 0 aromatic heterocycles. The predicted molar refractivity (Wildman–Crippen MR) is 372 cm³/mol. The summed E-state index contributed by atoms with van der Waals surface area (Å²) in [6.45, 7) is 7.26. The van der Waals surface area contributed by atoms with Crippen molar-refractivity contribution in [1.29, 1.82) is 0 Å². The van der Waals surface area contributed by atoms with Gasteiger partial charge in [0.05, 0.1) is 26.4 Å². The monoisotopic (exact) mass is 1350 g/mol. The number of phosphoric ester groups is 2. The molecule has 0 saturated heterocycles. The van der Waals surface area contributed by atoms with Crippen LogP contribution in [0.5, 0.6) is 0 Å². The van der Waals surface area contributed by atoms with E-state index in [0.29, 0.717) is 25.7 Å². The van der Waals surface area contributed by atoms with Crippen LogP contribution >= 0.6 is 15.6 Å². The van der Waals surface area contributed by atoms with Gasteiger partial charge in [-0.1, -0.05) is 330 Å². The Balaban J connectivity index is 5.22. The third-order valence-electron chi connectivity index (χ3n) is 17.0. The number of esters is 4. The number of phosphoric acid groups is 2. The average molecular weight is 1350 g/mol. The van der Waals surface area contributed by atoms with Gasteiger partial charge in [0.15, 0.2) is 12.2 Å². The molecule has 0 fully saturated rings. The van der Waals surface area contributed by atoms with E-state index in [1.807, 2.05) is 0 Å². The molecule has 19 heteroatoms. The van der Waals surface area contributed by atoms with Crippen molar-refractivity contribution >= 4 is 39.5 Å². The van der Waals surface area contributed by atoms with E-state index >= 15 is 0 Å². The van der Waals surface area contributed by atoms with E-state index in [9.17, 15) is 43.2 Å². The molecule has 0 bridgehead atoms. The highest BCUT2D eigenvalue weighted by Gasteiger charge is 2.30. The van der Waals surface area contributed by atoms with Gasteiger partial charge < -0.3 is 33.8 Å². The van der Waals surface area contributed by atoms with Gasteiger partial charge in [0, 0.05) is 25.7 Å². The number of carbonyl (C=O) groups excluding carboxylic acids is 4. The second-order valence-electron chi connectivity index (χ2n) is 26.8. The van der Waals surface area contributed by atoms with Crippen molar-refractivity contribution < 1.29 is 80.2 Å². The lowest BCUT2D eigenvalue weighted by Crippen LogP contribution is -2.30. The third kappa shape index (κ3) is 66.7. The Morgan fingerprint density at radius 1 is 0.293 bits per heavy atom. The first-order valence-corrected chi connectivity index (χ1v) is 41.1. The van der Waals surface area contributed by atoms with Crippen LogP contribution in [0, 0.1) is 5.92 Å². The Hall–Kier alpha value is -1.94. The number of ether oxygens (including phenoxy) is 4. The minimum atomic E-state index is -4.95. The Morgan fingerprint density at radius 2 is 0.500 bits per heavy atom. The fourth-order valence-corrected chi connectivity index (χ4v) is 12.8. The van der Waals surface area contributed by atoms with Gasteiger partial charge in [0.2, 0.25) is 0 Å². The van der Waals surface area contributed by atoms with Gasteiger partial charge in [-0.3, -0.25) is 37.3 Å². The molecule has 2 unspecified atom stereocenters. The first-order chi connectivity index (χ1) is 44.5. The summed E-state index contributed by atoms with van der Waals surface area (Å²) in [5.41, 5.74) is 0. The number of hydrogen-bond donors (Lipinski definition) is 3.